The molecule has 0 radical (unpaired) electrons. The van der Waals surface area contributed by atoms with Crippen molar-refractivity contribution in [2.75, 3.05) is 6.61 Å². The summed E-state index contributed by atoms with van der Waals surface area (Å²) in [6.07, 6.45) is 0.716. The van der Waals surface area contributed by atoms with Crippen molar-refractivity contribution in [3.8, 4) is 5.75 Å². The maximum absolute atomic E-state index is 13.8. The zero-order valence-corrected chi connectivity index (χ0v) is 20.0. The number of rotatable bonds is 11. The summed E-state index contributed by atoms with van der Waals surface area (Å²) >= 11 is 0. The highest BCUT2D eigenvalue weighted by Gasteiger charge is 2.31. The number of hydrogen-bond acceptors (Lipinski definition) is 6. The monoisotopic (exact) mass is 513 g/mol. The molecule has 0 aliphatic rings. The summed E-state index contributed by atoms with van der Waals surface area (Å²) in [4.78, 5) is 53.9. The van der Waals surface area contributed by atoms with Gasteiger partial charge >= 0.3 is 5.97 Å². The highest BCUT2D eigenvalue weighted by Crippen LogP contribution is 2.21. The minimum absolute atomic E-state index is 0.0654. The van der Waals surface area contributed by atoms with Gasteiger partial charge in [0, 0.05) is 11.6 Å². The first kappa shape index (κ1) is 27.2. The Hall–Kier alpha value is -4.41. The largest absolute Gasteiger partial charge is 0.481 e. The Labute approximate surface area is 210 Å². The Morgan fingerprint density at radius 2 is 1.62 bits per heavy atom. The summed E-state index contributed by atoms with van der Waals surface area (Å²) in [6, 6.07) is 9.09. The zero-order valence-electron chi connectivity index (χ0n) is 20.0. The number of nitrogens with one attached hydrogen (secondary N) is 2. The Kier molecular flexibility index (Phi) is 8.83. The van der Waals surface area contributed by atoms with Crippen LogP contribution in [-0.4, -0.2) is 52.3 Å². The van der Waals surface area contributed by atoms with Crippen molar-refractivity contribution in [2.45, 2.75) is 32.4 Å². The molecule has 0 aliphatic heterocycles. The van der Waals surface area contributed by atoms with Crippen LogP contribution in [0.1, 0.15) is 30.8 Å². The number of aromatic nitrogens is 1. The summed E-state index contributed by atoms with van der Waals surface area (Å²) in [5, 5.41) is 15.7. The van der Waals surface area contributed by atoms with Gasteiger partial charge < -0.3 is 20.5 Å². The van der Waals surface area contributed by atoms with Crippen molar-refractivity contribution in [3.05, 3.63) is 72.1 Å². The molecule has 0 bridgehead atoms. The van der Waals surface area contributed by atoms with Crippen molar-refractivity contribution in [2.24, 2.45) is 5.92 Å². The molecular weight excluding hydrogens is 488 g/mol. The number of Topliss-reactive ketones (excluding diaryl/α,β-unsaturated/α-hetero) is 1. The minimum atomic E-state index is -1.57. The number of fused-ring (bicyclic) bond motifs is 1. The van der Waals surface area contributed by atoms with Crippen LogP contribution < -0.4 is 15.4 Å². The van der Waals surface area contributed by atoms with E-state index in [0.717, 1.165) is 29.0 Å². The lowest BCUT2D eigenvalue weighted by Crippen LogP contribution is -2.54. The average molecular weight is 513 g/mol. The van der Waals surface area contributed by atoms with Crippen LogP contribution in [0, 0.1) is 17.6 Å². The van der Waals surface area contributed by atoms with Gasteiger partial charge in [0.2, 0.25) is 5.91 Å². The molecule has 37 heavy (non-hydrogen) atoms. The first-order chi connectivity index (χ1) is 17.6. The van der Waals surface area contributed by atoms with Crippen molar-refractivity contribution >= 4 is 34.3 Å². The zero-order chi connectivity index (χ0) is 27.1. The molecule has 1 heterocycles. The highest BCUT2D eigenvalue weighted by atomic mass is 19.1. The lowest BCUT2D eigenvalue weighted by Gasteiger charge is -2.24. The molecule has 0 unspecified atom stereocenters. The number of carboxylic acid groups (broad SMARTS) is 1. The molecule has 3 aromatic rings. The molecule has 0 saturated heterocycles. The number of halogens is 2. The summed E-state index contributed by atoms with van der Waals surface area (Å²) in [6.45, 7) is 2.41. The van der Waals surface area contributed by atoms with E-state index in [1.54, 1.807) is 32.0 Å². The molecule has 0 fully saturated rings. The van der Waals surface area contributed by atoms with Crippen molar-refractivity contribution < 1.29 is 37.8 Å². The van der Waals surface area contributed by atoms with Gasteiger partial charge in [-0.1, -0.05) is 44.2 Å². The second-order valence-corrected chi connectivity index (χ2v) is 8.58. The Morgan fingerprint density at radius 3 is 2.24 bits per heavy atom. The van der Waals surface area contributed by atoms with Gasteiger partial charge in [0.25, 0.3) is 5.91 Å². The first-order valence-electron chi connectivity index (χ1n) is 11.3. The number of hydrogen-bond donors (Lipinski definition) is 3. The smallest absolute Gasteiger partial charge is 0.305 e. The number of nitrogens with zero attached hydrogens (tertiary/aromatic N) is 1. The molecule has 1 aromatic heterocycles. The fraction of sp³-hybridized carbons (Fsp3) is 0.269. The fourth-order valence-electron chi connectivity index (χ4n) is 3.50. The van der Waals surface area contributed by atoms with Crippen LogP contribution in [0.2, 0.25) is 0 Å². The number of carboxylic acids is 1. The summed E-state index contributed by atoms with van der Waals surface area (Å²) in [5.41, 5.74) is 0.0654. The van der Waals surface area contributed by atoms with Crippen LogP contribution in [0.4, 0.5) is 8.78 Å². The fourth-order valence-corrected chi connectivity index (χ4v) is 3.50. The SMILES string of the molecule is CC(C)[C@H](NC(=O)c1cc2ccccc2cn1)C(=O)N[C@@H](CC(=O)O)C(=O)COc1c(F)cccc1F. The minimum Gasteiger partial charge on any atom is -0.481 e. The number of amides is 2. The number of carbonyl (C=O) groups is 4. The van der Waals surface area contributed by atoms with Gasteiger partial charge in [0.05, 0.1) is 6.42 Å². The quantitative estimate of drug-likeness (QED) is 0.359. The lowest BCUT2D eigenvalue weighted by atomic mass is 10.0. The van der Waals surface area contributed by atoms with E-state index in [1.165, 1.54) is 6.20 Å². The molecular formula is C26H25F2N3O6. The molecule has 0 spiro atoms. The van der Waals surface area contributed by atoms with Crippen LogP contribution in [0.15, 0.2) is 54.7 Å². The Bertz CT molecular complexity index is 1310. The van der Waals surface area contributed by atoms with E-state index in [2.05, 4.69) is 15.6 Å². The molecule has 2 amide bonds. The van der Waals surface area contributed by atoms with Gasteiger partial charge in [-0.05, 0) is 29.5 Å². The van der Waals surface area contributed by atoms with Crippen LogP contribution >= 0.6 is 0 Å². The number of ether oxygens (including phenoxy) is 1. The average Bonchev–Trinajstić information content (AvgIpc) is 2.85. The lowest BCUT2D eigenvalue weighted by molar-refractivity contribution is -0.140. The number of aliphatic carboxylic acids is 1. The van der Waals surface area contributed by atoms with E-state index in [9.17, 15) is 33.1 Å². The number of carbonyl (C=O) groups excluding carboxylic acids is 3. The third-order valence-electron chi connectivity index (χ3n) is 5.46. The molecule has 9 nitrogen and oxygen atoms in total. The molecule has 0 aliphatic carbocycles. The van der Waals surface area contributed by atoms with Gasteiger partial charge in [-0.25, -0.2) is 8.78 Å². The number of benzene rings is 2. The molecule has 3 N–H and O–H groups in total. The maximum Gasteiger partial charge on any atom is 0.305 e. The van der Waals surface area contributed by atoms with E-state index >= 15 is 0 Å². The summed E-state index contributed by atoms with van der Waals surface area (Å²) in [7, 11) is 0. The molecule has 2 atom stereocenters. The molecule has 194 valence electrons. The second kappa shape index (κ2) is 12.0. The highest BCUT2D eigenvalue weighted by molar-refractivity contribution is 6.00. The van der Waals surface area contributed by atoms with Gasteiger partial charge in [-0.3, -0.25) is 24.2 Å². The van der Waals surface area contributed by atoms with Gasteiger partial charge in [-0.2, -0.15) is 0 Å². The second-order valence-electron chi connectivity index (χ2n) is 8.58. The number of ketones is 1. The van der Waals surface area contributed by atoms with Gasteiger partial charge in [0.1, 0.15) is 24.4 Å². The normalized spacial score (nSPS) is 12.6. The third-order valence-corrected chi connectivity index (χ3v) is 5.46. The van der Waals surface area contributed by atoms with E-state index < -0.39 is 72.0 Å². The van der Waals surface area contributed by atoms with Crippen molar-refractivity contribution in [1.82, 2.24) is 15.6 Å². The van der Waals surface area contributed by atoms with Gasteiger partial charge in [-0.15, -0.1) is 0 Å². The molecule has 2 aromatic carbocycles. The molecule has 11 heteroatoms. The number of pyridine rings is 1. The number of para-hydroxylation sites is 1. The predicted molar refractivity (Wildman–Crippen MR) is 129 cm³/mol. The van der Waals surface area contributed by atoms with E-state index in [1.807, 2.05) is 12.1 Å². The standard InChI is InChI=1S/C26H25F2N3O6/c1-14(2)23(31-25(35)20-10-15-6-3-4-7-16(15)12-29-20)26(36)30-19(11-22(33)34)21(32)13-37-24-17(27)8-5-9-18(24)28/h3-10,12,14,19,23H,11,13H2,1-2H3,(H,30,36)(H,31,35)(H,33,34)/t19-,23-/m0/s1. The Morgan fingerprint density at radius 1 is 0.973 bits per heavy atom. The summed E-state index contributed by atoms with van der Waals surface area (Å²) < 4.78 is 32.5. The van der Waals surface area contributed by atoms with Gasteiger partial charge in [0.15, 0.2) is 23.2 Å². The Balaban J connectivity index is 1.71. The molecule has 0 saturated carbocycles. The van der Waals surface area contributed by atoms with Crippen LogP contribution in [0.5, 0.6) is 5.75 Å². The van der Waals surface area contributed by atoms with Crippen molar-refractivity contribution in [1.29, 1.82) is 0 Å². The van der Waals surface area contributed by atoms with Crippen LogP contribution in [0.3, 0.4) is 0 Å². The maximum atomic E-state index is 13.8. The van der Waals surface area contributed by atoms with Crippen molar-refractivity contribution in [3.63, 3.8) is 0 Å². The third kappa shape index (κ3) is 7.06. The van der Waals surface area contributed by atoms with Crippen LogP contribution in [0.25, 0.3) is 10.8 Å². The topological polar surface area (TPSA) is 135 Å². The molecule has 3 rings (SSSR count). The predicted octanol–water partition coefficient (Wildman–Crippen LogP) is 2.88. The van der Waals surface area contributed by atoms with E-state index in [0.29, 0.717) is 0 Å². The van der Waals surface area contributed by atoms with Crippen LogP contribution in [-0.2, 0) is 14.4 Å². The van der Waals surface area contributed by atoms with E-state index in [4.69, 9.17) is 4.74 Å². The summed E-state index contributed by atoms with van der Waals surface area (Å²) in [5.74, 6) is -7.13. The first-order valence-corrected chi connectivity index (χ1v) is 11.3. The van der Waals surface area contributed by atoms with E-state index in [-0.39, 0.29) is 5.69 Å².